The molecule has 1 aliphatic rings. The Kier molecular flexibility index (Phi) is 3.47. The highest BCUT2D eigenvalue weighted by Gasteiger charge is 2.17. The third-order valence-corrected chi connectivity index (χ3v) is 3.62. The highest BCUT2D eigenvalue weighted by molar-refractivity contribution is 6.02. The second-order valence-electron chi connectivity index (χ2n) is 5.04. The Balaban J connectivity index is 1.90. The molecule has 7 nitrogen and oxygen atoms in total. The lowest BCUT2D eigenvalue weighted by Gasteiger charge is -2.17. The van der Waals surface area contributed by atoms with E-state index in [4.69, 9.17) is 5.11 Å². The van der Waals surface area contributed by atoms with Gasteiger partial charge in [0, 0.05) is 25.0 Å². The molecule has 0 spiro atoms. The highest BCUT2D eigenvalue weighted by atomic mass is 16.4. The Morgan fingerprint density at radius 3 is 2.81 bits per heavy atom. The van der Waals surface area contributed by atoms with E-state index in [1.165, 1.54) is 19.0 Å². The van der Waals surface area contributed by atoms with Crippen molar-refractivity contribution in [1.82, 2.24) is 14.9 Å². The minimum atomic E-state index is -1.07. The topological polar surface area (TPSA) is 86.9 Å². The number of hydrogen-bond acceptors (Lipinski definition) is 4. The maximum absolute atomic E-state index is 12.0. The number of hydrogen-bond donors (Lipinski definition) is 2. The van der Waals surface area contributed by atoms with Crippen LogP contribution in [0.5, 0.6) is 0 Å². The number of rotatable bonds is 4. The van der Waals surface area contributed by atoms with Gasteiger partial charge in [-0.3, -0.25) is 9.59 Å². The third kappa shape index (κ3) is 2.67. The number of aromatic nitrogens is 2. The third-order valence-electron chi connectivity index (χ3n) is 3.62. The van der Waals surface area contributed by atoms with Gasteiger partial charge in [-0.15, -0.1) is 0 Å². The molecular weight excluding hydrogens is 272 g/mol. The Morgan fingerprint density at radius 1 is 1.33 bits per heavy atom. The summed E-state index contributed by atoms with van der Waals surface area (Å²) in [5.74, 6) is -1.50. The van der Waals surface area contributed by atoms with Gasteiger partial charge in [0.15, 0.2) is 0 Å². The van der Waals surface area contributed by atoms with Crippen LogP contribution in [0.2, 0.25) is 0 Å². The van der Waals surface area contributed by atoms with E-state index >= 15 is 0 Å². The first-order chi connectivity index (χ1) is 10.1. The molecule has 1 aliphatic heterocycles. The Labute approximate surface area is 121 Å². The van der Waals surface area contributed by atoms with E-state index in [0.717, 1.165) is 18.8 Å². The molecule has 1 amide bonds. The lowest BCUT2D eigenvalue weighted by Crippen LogP contribution is -2.29. The number of pyridine rings is 1. The average Bonchev–Trinajstić information content (AvgIpc) is 3.13. The highest BCUT2D eigenvalue weighted by Crippen LogP contribution is 2.23. The molecule has 0 unspecified atom stereocenters. The van der Waals surface area contributed by atoms with E-state index < -0.39 is 18.4 Å². The fourth-order valence-corrected chi connectivity index (χ4v) is 2.57. The summed E-state index contributed by atoms with van der Waals surface area (Å²) in [7, 11) is 0. The molecule has 2 N–H and O–H groups in total. The fraction of sp³-hybridized carbons (Fsp3) is 0.357. The molecule has 3 rings (SSSR count). The van der Waals surface area contributed by atoms with E-state index in [-0.39, 0.29) is 0 Å². The van der Waals surface area contributed by atoms with Gasteiger partial charge in [-0.25, -0.2) is 4.52 Å². The molecular formula is C14H16N4O3. The second-order valence-corrected chi connectivity index (χ2v) is 5.04. The number of nitrogens with zero attached hydrogens (tertiary/aromatic N) is 3. The van der Waals surface area contributed by atoms with E-state index in [1.807, 2.05) is 18.3 Å². The molecule has 0 aromatic carbocycles. The predicted molar refractivity (Wildman–Crippen MR) is 76.6 cm³/mol. The normalized spacial score (nSPS) is 14.6. The van der Waals surface area contributed by atoms with Crippen molar-refractivity contribution in [3.05, 3.63) is 30.1 Å². The summed E-state index contributed by atoms with van der Waals surface area (Å²) in [4.78, 5) is 24.8. The first-order valence-corrected chi connectivity index (χ1v) is 6.87. The quantitative estimate of drug-likeness (QED) is 0.867. The summed E-state index contributed by atoms with van der Waals surface area (Å²) in [6, 6.07) is 3.90. The van der Waals surface area contributed by atoms with Gasteiger partial charge >= 0.3 is 5.97 Å². The van der Waals surface area contributed by atoms with Gasteiger partial charge < -0.3 is 15.3 Å². The summed E-state index contributed by atoms with van der Waals surface area (Å²) in [6.45, 7) is 1.64. The van der Waals surface area contributed by atoms with Gasteiger partial charge in [-0.05, 0) is 25.0 Å². The lowest BCUT2D eigenvalue weighted by atomic mass is 10.2. The van der Waals surface area contributed by atoms with Crippen molar-refractivity contribution >= 4 is 23.1 Å². The van der Waals surface area contributed by atoms with Gasteiger partial charge in [0.2, 0.25) is 0 Å². The summed E-state index contributed by atoms with van der Waals surface area (Å²) >= 11 is 0. The van der Waals surface area contributed by atoms with Crippen LogP contribution in [-0.2, 0) is 4.79 Å². The van der Waals surface area contributed by atoms with Crippen molar-refractivity contribution in [2.75, 3.05) is 24.5 Å². The number of fused-ring (bicyclic) bond motifs is 1. The minimum Gasteiger partial charge on any atom is -0.480 e. The van der Waals surface area contributed by atoms with Crippen LogP contribution in [0.4, 0.5) is 5.69 Å². The van der Waals surface area contributed by atoms with Crippen molar-refractivity contribution < 1.29 is 14.7 Å². The number of carbonyl (C=O) groups excluding carboxylic acids is 1. The summed E-state index contributed by atoms with van der Waals surface area (Å²) < 4.78 is 1.62. The zero-order chi connectivity index (χ0) is 14.8. The number of aliphatic carboxylic acids is 1. The molecule has 2 aromatic heterocycles. The number of amides is 1. The van der Waals surface area contributed by atoms with E-state index in [0.29, 0.717) is 11.1 Å². The second kappa shape index (κ2) is 5.43. The molecule has 1 saturated heterocycles. The van der Waals surface area contributed by atoms with E-state index in [2.05, 4.69) is 15.3 Å². The van der Waals surface area contributed by atoms with Crippen LogP contribution < -0.4 is 10.2 Å². The molecule has 3 heterocycles. The van der Waals surface area contributed by atoms with Crippen LogP contribution in [0.3, 0.4) is 0 Å². The fourth-order valence-electron chi connectivity index (χ4n) is 2.57. The lowest BCUT2D eigenvalue weighted by molar-refractivity contribution is -0.135. The van der Waals surface area contributed by atoms with Gasteiger partial charge in [0.25, 0.3) is 5.91 Å². The molecule has 7 heteroatoms. The summed E-state index contributed by atoms with van der Waals surface area (Å²) in [6.07, 6.45) is 5.63. The van der Waals surface area contributed by atoms with Crippen LogP contribution in [-0.4, -0.2) is 46.2 Å². The molecule has 21 heavy (non-hydrogen) atoms. The van der Waals surface area contributed by atoms with Crippen molar-refractivity contribution in [2.24, 2.45) is 0 Å². The smallest absolute Gasteiger partial charge is 0.322 e. The zero-order valence-electron chi connectivity index (χ0n) is 11.5. The largest absolute Gasteiger partial charge is 0.480 e. The summed E-state index contributed by atoms with van der Waals surface area (Å²) in [5, 5.41) is 15.1. The van der Waals surface area contributed by atoms with Gasteiger partial charge in [0.1, 0.15) is 6.54 Å². The molecule has 110 valence electrons. The van der Waals surface area contributed by atoms with Gasteiger partial charge in [0.05, 0.1) is 17.3 Å². The SMILES string of the molecule is O=C(O)CNC(=O)c1cnn2ccc(N3CCCC3)cc12. The van der Waals surface area contributed by atoms with Gasteiger partial charge in [-0.1, -0.05) is 0 Å². The number of anilines is 1. The molecule has 0 aliphatic carbocycles. The standard InChI is InChI=1S/C14H16N4O3/c19-13(20)9-15-14(21)11-8-16-18-6-3-10(7-12(11)18)17-4-1-2-5-17/h3,6-8H,1-2,4-5,9H2,(H,15,21)(H,19,20). The number of carboxylic acid groups (broad SMARTS) is 1. The van der Waals surface area contributed by atoms with Crippen molar-refractivity contribution in [1.29, 1.82) is 0 Å². The molecule has 0 saturated carbocycles. The molecule has 0 radical (unpaired) electrons. The van der Waals surface area contributed by atoms with Crippen molar-refractivity contribution in [2.45, 2.75) is 12.8 Å². The first kappa shape index (κ1) is 13.4. The monoisotopic (exact) mass is 288 g/mol. The number of carboxylic acids is 1. The number of carbonyl (C=O) groups is 2. The van der Waals surface area contributed by atoms with E-state index in [1.54, 1.807) is 4.52 Å². The average molecular weight is 288 g/mol. The molecule has 0 bridgehead atoms. The number of nitrogens with one attached hydrogen (secondary N) is 1. The molecule has 1 fully saturated rings. The maximum Gasteiger partial charge on any atom is 0.322 e. The van der Waals surface area contributed by atoms with E-state index in [9.17, 15) is 9.59 Å². The zero-order valence-corrected chi connectivity index (χ0v) is 11.5. The maximum atomic E-state index is 12.0. The van der Waals surface area contributed by atoms with Crippen LogP contribution >= 0.6 is 0 Å². The van der Waals surface area contributed by atoms with Crippen LogP contribution in [0.25, 0.3) is 5.52 Å². The predicted octanol–water partition coefficient (Wildman–Crippen LogP) is 0.749. The van der Waals surface area contributed by atoms with Crippen molar-refractivity contribution in [3.8, 4) is 0 Å². The molecule has 0 atom stereocenters. The van der Waals surface area contributed by atoms with Crippen LogP contribution in [0, 0.1) is 0 Å². The van der Waals surface area contributed by atoms with Crippen LogP contribution in [0.15, 0.2) is 24.5 Å². The van der Waals surface area contributed by atoms with Crippen molar-refractivity contribution in [3.63, 3.8) is 0 Å². The van der Waals surface area contributed by atoms with Gasteiger partial charge in [-0.2, -0.15) is 5.10 Å². The Bertz CT molecular complexity index is 689. The minimum absolute atomic E-state index is 0.386. The Morgan fingerprint density at radius 2 is 2.10 bits per heavy atom. The van der Waals surface area contributed by atoms with Crippen LogP contribution in [0.1, 0.15) is 23.2 Å². The summed E-state index contributed by atoms with van der Waals surface area (Å²) in [5.41, 5.74) is 2.13. The molecule has 2 aromatic rings. The first-order valence-electron chi connectivity index (χ1n) is 6.87. The Hall–Kier alpha value is -2.57.